The fourth-order valence-corrected chi connectivity index (χ4v) is 3.13. The monoisotopic (exact) mass is 403 g/mol. The first-order chi connectivity index (χ1) is 14.5. The van der Waals surface area contributed by atoms with Gasteiger partial charge >= 0.3 is 0 Å². The molecule has 0 radical (unpaired) electrons. The van der Waals surface area contributed by atoms with Crippen LogP contribution in [0.25, 0.3) is 17.1 Å². The van der Waals surface area contributed by atoms with Crippen LogP contribution in [0.2, 0.25) is 0 Å². The lowest BCUT2D eigenvalue weighted by Crippen LogP contribution is -2.36. The third-order valence-electron chi connectivity index (χ3n) is 4.72. The summed E-state index contributed by atoms with van der Waals surface area (Å²) in [6.45, 7) is 6.05. The van der Waals surface area contributed by atoms with Crippen LogP contribution in [0.4, 0.5) is 0 Å². The van der Waals surface area contributed by atoms with Crippen molar-refractivity contribution in [2.75, 3.05) is 0 Å². The van der Waals surface area contributed by atoms with Gasteiger partial charge in [0.1, 0.15) is 6.33 Å². The molecule has 0 aliphatic carbocycles. The number of tetrazole rings is 1. The van der Waals surface area contributed by atoms with E-state index in [9.17, 15) is 4.79 Å². The minimum atomic E-state index is -0.115. The van der Waals surface area contributed by atoms with Gasteiger partial charge in [0.15, 0.2) is 0 Å². The minimum Gasteiger partial charge on any atom is -0.419 e. The van der Waals surface area contributed by atoms with Crippen LogP contribution >= 0.6 is 0 Å². The Kier molecular flexibility index (Phi) is 5.34. The first-order valence-electron chi connectivity index (χ1n) is 9.55. The highest BCUT2D eigenvalue weighted by Crippen LogP contribution is 2.21. The molecular weight excluding hydrogens is 382 g/mol. The summed E-state index contributed by atoms with van der Waals surface area (Å²) in [5.41, 5.74) is 3.12. The van der Waals surface area contributed by atoms with Crippen LogP contribution < -0.4 is 0 Å². The topological polar surface area (TPSA) is 103 Å². The number of carbonyl (C=O) groups is 1. The van der Waals surface area contributed by atoms with Crippen molar-refractivity contribution in [3.63, 3.8) is 0 Å². The molecule has 152 valence electrons. The molecule has 0 N–H and O–H groups in total. The first-order valence-corrected chi connectivity index (χ1v) is 9.55. The van der Waals surface area contributed by atoms with Crippen molar-refractivity contribution in [2.45, 2.75) is 33.4 Å². The van der Waals surface area contributed by atoms with Gasteiger partial charge in [-0.05, 0) is 67.1 Å². The van der Waals surface area contributed by atoms with Crippen molar-refractivity contribution >= 4 is 5.91 Å². The van der Waals surface area contributed by atoms with E-state index in [1.54, 1.807) is 15.6 Å². The zero-order chi connectivity index (χ0) is 21.1. The second-order valence-corrected chi connectivity index (χ2v) is 7.15. The quantitative estimate of drug-likeness (QED) is 0.487. The second kappa shape index (κ2) is 8.24. The second-order valence-electron chi connectivity index (χ2n) is 7.15. The van der Waals surface area contributed by atoms with Crippen LogP contribution in [0.15, 0.2) is 59.3 Å². The Bertz CT molecular complexity index is 1140. The summed E-state index contributed by atoms with van der Waals surface area (Å²) in [6.07, 6.45) is 1.52. The van der Waals surface area contributed by atoms with Crippen molar-refractivity contribution in [3.8, 4) is 17.1 Å². The molecular formula is C21H21N7O2. The number of aryl methyl sites for hydroxylation is 1. The van der Waals surface area contributed by atoms with Gasteiger partial charge in [0, 0.05) is 17.2 Å². The van der Waals surface area contributed by atoms with Crippen LogP contribution in [0.5, 0.6) is 0 Å². The number of aromatic nitrogens is 6. The molecule has 0 spiro atoms. The van der Waals surface area contributed by atoms with Gasteiger partial charge in [-0.1, -0.05) is 18.2 Å². The third kappa shape index (κ3) is 3.95. The molecule has 2 heterocycles. The molecule has 9 heteroatoms. The van der Waals surface area contributed by atoms with Crippen molar-refractivity contribution in [2.24, 2.45) is 0 Å². The highest BCUT2D eigenvalue weighted by molar-refractivity contribution is 5.94. The lowest BCUT2D eigenvalue weighted by molar-refractivity contribution is 0.0672. The van der Waals surface area contributed by atoms with Gasteiger partial charge in [-0.2, -0.15) is 0 Å². The summed E-state index contributed by atoms with van der Waals surface area (Å²) in [5.74, 6) is 0.706. The molecule has 2 aromatic carbocycles. The van der Waals surface area contributed by atoms with E-state index in [0.717, 1.165) is 16.8 Å². The maximum Gasteiger partial charge on any atom is 0.254 e. The summed E-state index contributed by atoms with van der Waals surface area (Å²) < 4.78 is 7.35. The van der Waals surface area contributed by atoms with E-state index in [1.165, 1.54) is 6.33 Å². The van der Waals surface area contributed by atoms with Crippen molar-refractivity contribution in [3.05, 3.63) is 71.9 Å². The number of hydrogen-bond donors (Lipinski definition) is 0. The SMILES string of the molecule is Cc1cc(C(=O)N(Cc2nnc(-c3ccccc3)o2)C(C)C)ccc1-n1cnnn1. The van der Waals surface area contributed by atoms with E-state index >= 15 is 0 Å². The van der Waals surface area contributed by atoms with Gasteiger partial charge in [-0.3, -0.25) is 4.79 Å². The smallest absolute Gasteiger partial charge is 0.254 e. The molecule has 0 atom stereocenters. The molecule has 4 rings (SSSR count). The normalized spacial score (nSPS) is 11.1. The average Bonchev–Trinajstić information content (AvgIpc) is 3.44. The summed E-state index contributed by atoms with van der Waals surface area (Å²) in [4.78, 5) is 14.9. The summed E-state index contributed by atoms with van der Waals surface area (Å²) >= 11 is 0. The number of nitrogens with zero attached hydrogens (tertiary/aromatic N) is 7. The lowest BCUT2D eigenvalue weighted by Gasteiger charge is -2.25. The van der Waals surface area contributed by atoms with Gasteiger partial charge in [-0.25, -0.2) is 4.68 Å². The predicted octanol–water partition coefficient (Wildman–Crippen LogP) is 3.07. The molecule has 0 saturated heterocycles. The minimum absolute atomic E-state index is 0.0518. The molecule has 9 nitrogen and oxygen atoms in total. The average molecular weight is 403 g/mol. The first kappa shape index (κ1) is 19.4. The molecule has 1 amide bonds. The van der Waals surface area contributed by atoms with Gasteiger partial charge in [0.2, 0.25) is 11.8 Å². The van der Waals surface area contributed by atoms with Crippen LogP contribution in [0.3, 0.4) is 0 Å². The Morgan fingerprint density at radius 1 is 1.13 bits per heavy atom. The predicted molar refractivity (Wildman–Crippen MR) is 109 cm³/mol. The zero-order valence-electron chi connectivity index (χ0n) is 16.9. The molecule has 30 heavy (non-hydrogen) atoms. The Morgan fingerprint density at radius 2 is 1.93 bits per heavy atom. The number of hydrogen-bond acceptors (Lipinski definition) is 7. The van der Waals surface area contributed by atoms with Gasteiger partial charge in [0.25, 0.3) is 5.91 Å². The van der Waals surface area contributed by atoms with E-state index in [4.69, 9.17) is 4.42 Å². The van der Waals surface area contributed by atoms with E-state index in [-0.39, 0.29) is 18.5 Å². The Morgan fingerprint density at radius 3 is 2.60 bits per heavy atom. The Hall–Kier alpha value is -3.88. The van der Waals surface area contributed by atoms with Crippen LogP contribution in [-0.2, 0) is 6.54 Å². The highest BCUT2D eigenvalue weighted by atomic mass is 16.4. The molecule has 0 bridgehead atoms. The number of benzene rings is 2. The van der Waals surface area contributed by atoms with Crippen LogP contribution in [0, 0.1) is 6.92 Å². The zero-order valence-corrected chi connectivity index (χ0v) is 16.9. The molecule has 4 aromatic rings. The van der Waals surface area contributed by atoms with E-state index in [0.29, 0.717) is 17.3 Å². The maximum absolute atomic E-state index is 13.2. The van der Waals surface area contributed by atoms with Crippen LogP contribution in [-0.4, -0.2) is 47.3 Å². The third-order valence-corrected chi connectivity index (χ3v) is 4.72. The van der Waals surface area contributed by atoms with E-state index < -0.39 is 0 Å². The molecule has 0 fully saturated rings. The fraction of sp³-hybridized carbons (Fsp3) is 0.238. The maximum atomic E-state index is 13.2. The van der Waals surface area contributed by atoms with Gasteiger partial charge in [-0.15, -0.1) is 15.3 Å². The molecule has 2 aromatic heterocycles. The highest BCUT2D eigenvalue weighted by Gasteiger charge is 2.22. The molecule has 0 saturated carbocycles. The van der Waals surface area contributed by atoms with Crippen LogP contribution in [0.1, 0.15) is 35.7 Å². The van der Waals surface area contributed by atoms with Gasteiger partial charge in [0.05, 0.1) is 12.2 Å². The van der Waals surface area contributed by atoms with Gasteiger partial charge < -0.3 is 9.32 Å². The Labute approximate surface area is 173 Å². The summed E-state index contributed by atoms with van der Waals surface area (Å²) in [5, 5.41) is 19.4. The lowest BCUT2D eigenvalue weighted by atomic mass is 10.1. The van der Waals surface area contributed by atoms with Crippen molar-refractivity contribution < 1.29 is 9.21 Å². The fourth-order valence-electron chi connectivity index (χ4n) is 3.13. The van der Waals surface area contributed by atoms with Crippen molar-refractivity contribution in [1.82, 2.24) is 35.3 Å². The van der Waals surface area contributed by atoms with E-state index in [1.807, 2.05) is 63.2 Å². The largest absolute Gasteiger partial charge is 0.419 e. The molecule has 0 unspecified atom stereocenters. The summed E-state index contributed by atoms with van der Waals surface area (Å²) in [6, 6.07) is 14.9. The number of carbonyl (C=O) groups excluding carboxylic acids is 1. The van der Waals surface area contributed by atoms with Crippen molar-refractivity contribution in [1.29, 1.82) is 0 Å². The standard InChI is InChI=1S/C21H21N7O2/c1-14(2)27(12-19-23-24-20(30-19)16-7-5-4-6-8-16)21(29)17-9-10-18(15(3)11-17)28-13-22-25-26-28/h4-11,13-14H,12H2,1-3H3. The number of amides is 1. The summed E-state index contributed by atoms with van der Waals surface area (Å²) in [7, 11) is 0. The Balaban J connectivity index is 1.55. The van der Waals surface area contributed by atoms with E-state index in [2.05, 4.69) is 25.7 Å². The molecule has 0 aliphatic heterocycles. The molecule has 0 aliphatic rings. The number of rotatable bonds is 6.